The largest absolute Gasteiger partial charge is 0.465 e. The fraction of sp³-hybridized carbons (Fsp3) is 0.424. The Morgan fingerprint density at radius 1 is 1.13 bits per heavy atom. The van der Waals surface area contributed by atoms with Crippen LogP contribution in [0.15, 0.2) is 54.7 Å². The number of hydrogen-bond donors (Lipinski definition) is 3. The standard InChI is InChI=1S/C33H40ClFN6O6/c1-33(2,3)26-19-40(32(45)46)14-15-41(26)28(42)13-12-24(39(4)30(43)37-18-23-10-7-11-25(35)29(23)34)20-47-31(44)38-27-16-21-8-5-6-9-22(21)17-36-27/h5-11,16-17,24,26H,12-15,18-20H2,1-4H3,(H,37,43)(H,45,46)(H,36,38,44). The molecular weight excluding hydrogens is 631 g/mol. The molecular formula is C33H40ClFN6O6. The van der Waals surface area contributed by atoms with E-state index in [1.165, 1.54) is 29.0 Å². The first-order valence-corrected chi connectivity index (χ1v) is 15.6. The maximum Gasteiger partial charge on any atom is 0.412 e. The van der Waals surface area contributed by atoms with E-state index in [1.54, 1.807) is 23.2 Å². The molecule has 4 rings (SSSR count). The average Bonchev–Trinajstić information content (AvgIpc) is 3.04. The van der Waals surface area contributed by atoms with Gasteiger partial charge < -0.3 is 29.9 Å². The number of benzene rings is 2. The van der Waals surface area contributed by atoms with E-state index in [0.717, 1.165) is 10.8 Å². The highest BCUT2D eigenvalue weighted by molar-refractivity contribution is 6.31. The van der Waals surface area contributed by atoms with E-state index in [0.29, 0.717) is 5.56 Å². The molecule has 1 fully saturated rings. The number of ether oxygens (including phenoxy) is 1. The number of aromatic nitrogens is 1. The molecule has 14 heteroatoms. The molecule has 1 aromatic heterocycles. The fourth-order valence-electron chi connectivity index (χ4n) is 5.43. The Morgan fingerprint density at radius 2 is 1.85 bits per heavy atom. The van der Waals surface area contributed by atoms with Gasteiger partial charge in [-0.15, -0.1) is 0 Å². The van der Waals surface area contributed by atoms with E-state index in [-0.39, 0.29) is 68.4 Å². The fourth-order valence-corrected chi connectivity index (χ4v) is 5.62. The third-order valence-electron chi connectivity index (χ3n) is 8.26. The summed E-state index contributed by atoms with van der Waals surface area (Å²) >= 11 is 6.04. The molecule has 5 amide bonds. The molecule has 12 nitrogen and oxygen atoms in total. The molecule has 1 aliphatic heterocycles. The van der Waals surface area contributed by atoms with Gasteiger partial charge in [-0.1, -0.05) is 68.8 Å². The molecule has 2 heterocycles. The summed E-state index contributed by atoms with van der Waals surface area (Å²) in [5.74, 6) is -0.529. The molecule has 47 heavy (non-hydrogen) atoms. The third-order valence-corrected chi connectivity index (χ3v) is 8.68. The zero-order chi connectivity index (χ0) is 34.3. The van der Waals surface area contributed by atoms with Crippen molar-refractivity contribution < 1.29 is 33.4 Å². The molecule has 1 aliphatic rings. The molecule has 2 aromatic carbocycles. The highest BCUT2D eigenvalue weighted by Crippen LogP contribution is 2.29. The number of rotatable bonds is 9. The second kappa shape index (κ2) is 15.3. The number of nitrogens with zero attached hydrogens (tertiary/aromatic N) is 4. The third kappa shape index (κ3) is 9.22. The number of nitrogens with one attached hydrogen (secondary N) is 2. The van der Waals surface area contributed by atoms with Gasteiger partial charge in [0, 0.05) is 51.2 Å². The summed E-state index contributed by atoms with van der Waals surface area (Å²) in [7, 11) is 1.51. The zero-order valence-corrected chi connectivity index (χ0v) is 27.6. The van der Waals surface area contributed by atoms with Gasteiger partial charge in [-0.2, -0.15) is 0 Å². The second-order valence-corrected chi connectivity index (χ2v) is 12.9. The Morgan fingerprint density at radius 3 is 2.55 bits per heavy atom. The van der Waals surface area contributed by atoms with Gasteiger partial charge >= 0.3 is 18.2 Å². The molecule has 1 saturated heterocycles. The lowest BCUT2D eigenvalue weighted by Crippen LogP contribution is -2.60. The SMILES string of the molecule is CN(C(=O)NCc1cccc(F)c1Cl)C(CCC(=O)N1CCN(C(=O)O)CC1C(C)(C)C)COC(=O)Nc1cc2ccccc2cn1. The van der Waals surface area contributed by atoms with Gasteiger partial charge in [0.25, 0.3) is 0 Å². The van der Waals surface area contributed by atoms with Crippen LogP contribution in [0, 0.1) is 11.2 Å². The van der Waals surface area contributed by atoms with Crippen LogP contribution in [0.4, 0.5) is 24.6 Å². The molecule has 252 valence electrons. The van der Waals surface area contributed by atoms with Gasteiger partial charge in [-0.05, 0) is 34.9 Å². The minimum Gasteiger partial charge on any atom is -0.465 e. The number of amides is 5. The lowest BCUT2D eigenvalue weighted by molar-refractivity contribution is -0.139. The van der Waals surface area contributed by atoms with Gasteiger partial charge in [-0.25, -0.2) is 23.8 Å². The average molecular weight is 671 g/mol. The lowest BCUT2D eigenvalue weighted by Gasteiger charge is -2.46. The Labute approximate surface area is 277 Å². The van der Waals surface area contributed by atoms with E-state index < -0.39 is 35.5 Å². The van der Waals surface area contributed by atoms with Crippen molar-refractivity contribution in [2.45, 2.75) is 52.2 Å². The van der Waals surface area contributed by atoms with Crippen LogP contribution in [0.3, 0.4) is 0 Å². The Balaban J connectivity index is 1.44. The van der Waals surface area contributed by atoms with Gasteiger partial charge in [0.2, 0.25) is 5.91 Å². The van der Waals surface area contributed by atoms with Crippen molar-refractivity contribution in [1.82, 2.24) is 25.0 Å². The molecule has 3 aromatic rings. The summed E-state index contributed by atoms with van der Waals surface area (Å²) in [4.78, 5) is 59.7. The predicted octanol–water partition coefficient (Wildman–Crippen LogP) is 5.80. The van der Waals surface area contributed by atoms with Crippen molar-refractivity contribution in [2.75, 3.05) is 38.6 Å². The zero-order valence-electron chi connectivity index (χ0n) is 26.8. The number of piperazine rings is 1. The Bertz CT molecular complexity index is 1620. The van der Waals surface area contributed by atoms with Crippen LogP contribution < -0.4 is 10.6 Å². The second-order valence-electron chi connectivity index (χ2n) is 12.5. The maximum atomic E-state index is 13.9. The van der Waals surface area contributed by atoms with Crippen molar-refractivity contribution in [3.05, 3.63) is 71.1 Å². The number of urea groups is 1. The Kier molecular flexibility index (Phi) is 11.5. The first-order chi connectivity index (χ1) is 22.2. The van der Waals surface area contributed by atoms with Crippen molar-refractivity contribution in [3.8, 4) is 0 Å². The summed E-state index contributed by atoms with van der Waals surface area (Å²) in [6, 6.07) is 11.9. The number of carboxylic acid groups (broad SMARTS) is 1. The van der Waals surface area contributed by atoms with Gasteiger partial charge in [0.1, 0.15) is 18.2 Å². The number of anilines is 1. The van der Waals surface area contributed by atoms with Crippen LogP contribution in [-0.2, 0) is 16.1 Å². The van der Waals surface area contributed by atoms with Crippen molar-refractivity contribution >= 4 is 52.3 Å². The Hall–Kier alpha value is -4.65. The number of pyridine rings is 1. The quantitative estimate of drug-likeness (QED) is 0.261. The smallest absolute Gasteiger partial charge is 0.412 e. The number of carbonyl (C=O) groups is 4. The number of fused-ring (bicyclic) bond motifs is 1. The molecule has 0 bridgehead atoms. The summed E-state index contributed by atoms with van der Waals surface area (Å²) in [5.41, 5.74) is -0.0110. The highest BCUT2D eigenvalue weighted by atomic mass is 35.5. The van der Waals surface area contributed by atoms with Crippen LogP contribution in [-0.4, -0.2) is 94.3 Å². The summed E-state index contributed by atoms with van der Waals surface area (Å²) in [5, 5.41) is 16.5. The van der Waals surface area contributed by atoms with Gasteiger partial charge in [-0.3, -0.25) is 10.1 Å². The molecule has 0 aliphatic carbocycles. The van der Waals surface area contributed by atoms with Crippen molar-refractivity contribution in [1.29, 1.82) is 0 Å². The van der Waals surface area contributed by atoms with Crippen molar-refractivity contribution in [2.24, 2.45) is 5.41 Å². The number of carbonyl (C=O) groups excluding carboxylic acids is 3. The summed E-state index contributed by atoms with van der Waals surface area (Å²) < 4.78 is 19.4. The van der Waals surface area contributed by atoms with Crippen LogP contribution >= 0.6 is 11.6 Å². The predicted molar refractivity (Wildman–Crippen MR) is 176 cm³/mol. The van der Waals surface area contributed by atoms with Crippen LogP contribution in [0.25, 0.3) is 10.8 Å². The molecule has 2 atom stereocenters. The summed E-state index contributed by atoms with van der Waals surface area (Å²) in [6.07, 6.45) is -0.0470. The van der Waals surface area contributed by atoms with Crippen LogP contribution in [0.5, 0.6) is 0 Å². The molecule has 2 unspecified atom stereocenters. The van der Waals surface area contributed by atoms with Crippen LogP contribution in [0.1, 0.15) is 39.2 Å². The van der Waals surface area contributed by atoms with E-state index in [1.807, 2.05) is 45.0 Å². The van der Waals surface area contributed by atoms with Gasteiger partial charge in [0.05, 0.1) is 17.1 Å². The van der Waals surface area contributed by atoms with E-state index in [4.69, 9.17) is 16.3 Å². The van der Waals surface area contributed by atoms with Crippen molar-refractivity contribution in [3.63, 3.8) is 0 Å². The minimum atomic E-state index is -1.03. The molecule has 0 radical (unpaired) electrons. The first kappa shape index (κ1) is 35.2. The highest BCUT2D eigenvalue weighted by Gasteiger charge is 2.39. The summed E-state index contributed by atoms with van der Waals surface area (Å²) in [6.45, 7) is 6.16. The van der Waals surface area contributed by atoms with Gasteiger partial charge in [0.15, 0.2) is 0 Å². The van der Waals surface area contributed by atoms with E-state index in [2.05, 4.69) is 15.6 Å². The number of hydrogen-bond acceptors (Lipinski definition) is 6. The monoisotopic (exact) mass is 670 g/mol. The van der Waals surface area contributed by atoms with E-state index in [9.17, 15) is 28.7 Å². The molecule has 3 N–H and O–H groups in total. The number of halogens is 2. The molecule has 0 saturated carbocycles. The normalized spacial score (nSPS) is 15.6. The number of likely N-dealkylation sites (N-methyl/N-ethyl adjacent to an activating group) is 1. The maximum absolute atomic E-state index is 13.9. The minimum absolute atomic E-state index is 0.00880. The topological polar surface area (TPSA) is 144 Å². The van der Waals surface area contributed by atoms with E-state index >= 15 is 0 Å². The van der Waals surface area contributed by atoms with Crippen LogP contribution in [0.2, 0.25) is 5.02 Å². The lowest BCUT2D eigenvalue weighted by atomic mass is 9.84. The first-order valence-electron chi connectivity index (χ1n) is 15.2. The molecule has 0 spiro atoms.